The average molecular weight is 729 g/mol. The van der Waals surface area contributed by atoms with Gasteiger partial charge in [0.15, 0.2) is 0 Å². The highest BCUT2D eigenvalue weighted by Gasteiger charge is 2.48. The fraction of sp³-hybridized carbons (Fsp3) is 0.0357. The van der Waals surface area contributed by atoms with Crippen LogP contribution in [0.15, 0.2) is 237 Å². The molecule has 268 valence electrons. The van der Waals surface area contributed by atoms with Crippen molar-refractivity contribution in [1.82, 2.24) is 0 Å². The van der Waals surface area contributed by atoms with E-state index >= 15 is 0 Å². The van der Waals surface area contributed by atoms with E-state index in [1.165, 1.54) is 22.3 Å². The van der Waals surface area contributed by atoms with Gasteiger partial charge in [0.2, 0.25) is 0 Å². The van der Waals surface area contributed by atoms with Crippen LogP contribution in [-0.2, 0) is 10.8 Å². The maximum atomic E-state index is 9.43. The third kappa shape index (κ3) is 4.82. The number of rotatable bonds is 7. The second-order valence-corrected chi connectivity index (χ2v) is 14.9. The Morgan fingerprint density at radius 3 is 1.09 bits per heavy atom. The average Bonchev–Trinajstić information content (AvgIpc) is 3.78. The smallest absolute Gasteiger partial charge is 0.0714 e. The number of benzene rings is 9. The molecule has 0 saturated heterocycles. The SMILES string of the molecule is [2H]c1ccc([2H])c(N(c2ccc3c(c2)C(c2ccccc2)(c2ccccc2)c2ccccc2-3)c2ccc3c(c2)C(c2ccccc2)(c2ccccc2)c2ccccc2-3)c1[2H]. The van der Waals surface area contributed by atoms with Gasteiger partial charge < -0.3 is 4.90 Å². The van der Waals surface area contributed by atoms with Crippen LogP contribution in [0.2, 0.25) is 0 Å². The summed E-state index contributed by atoms with van der Waals surface area (Å²) < 4.78 is 27.7. The fourth-order valence-electron chi connectivity index (χ4n) is 9.98. The van der Waals surface area contributed by atoms with Gasteiger partial charge in [-0.2, -0.15) is 0 Å². The summed E-state index contributed by atoms with van der Waals surface area (Å²) >= 11 is 0. The molecule has 0 fully saturated rings. The van der Waals surface area contributed by atoms with Crippen molar-refractivity contribution in [2.24, 2.45) is 0 Å². The molecule has 0 saturated carbocycles. The number of hydrogen-bond donors (Lipinski definition) is 0. The quantitative estimate of drug-likeness (QED) is 0.158. The zero-order valence-corrected chi connectivity index (χ0v) is 31.2. The summed E-state index contributed by atoms with van der Waals surface area (Å²) in [6.07, 6.45) is 0. The molecule has 57 heavy (non-hydrogen) atoms. The van der Waals surface area contributed by atoms with Crippen molar-refractivity contribution in [3.8, 4) is 22.3 Å². The monoisotopic (exact) mass is 728 g/mol. The van der Waals surface area contributed by atoms with Gasteiger partial charge >= 0.3 is 0 Å². The first-order chi connectivity index (χ1) is 29.5. The number of anilines is 3. The maximum absolute atomic E-state index is 9.43. The van der Waals surface area contributed by atoms with E-state index in [-0.39, 0.29) is 18.1 Å². The molecule has 0 amide bonds. The Kier molecular flexibility index (Phi) is 6.97. The third-order valence-electron chi connectivity index (χ3n) is 12.2. The Balaban J connectivity index is 1.22. The van der Waals surface area contributed by atoms with E-state index in [1.807, 2.05) is 0 Å². The second-order valence-electron chi connectivity index (χ2n) is 14.9. The summed E-state index contributed by atoms with van der Waals surface area (Å²) in [6, 6.07) is 77.1. The van der Waals surface area contributed by atoms with Crippen molar-refractivity contribution < 1.29 is 4.11 Å². The molecule has 9 aromatic carbocycles. The van der Waals surface area contributed by atoms with Crippen LogP contribution in [0.4, 0.5) is 17.1 Å². The highest BCUT2D eigenvalue weighted by atomic mass is 15.1. The zero-order chi connectivity index (χ0) is 40.4. The van der Waals surface area contributed by atoms with Crippen LogP contribution < -0.4 is 4.90 Å². The highest BCUT2D eigenvalue weighted by Crippen LogP contribution is 2.59. The molecule has 2 aliphatic rings. The predicted octanol–water partition coefficient (Wildman–Crippen LogP) is 13.9. The minimum Gasteiger partial charge on any atom is -0.310 e. The Hall–Kier alpha value is -7.22. The Bertz CT molecular complexity index is 2810. The Morgan fingerprint density at radius 1 is 0.298 bits per heavy atom. The first-order valence-corrected chi connectivity index (χ1v) is 19.6. The summed E-state index contributed by atoms with van der Waals surface area (Å²) in [4.78, 5) is 2.05. The minimum atomic E-state index is -0.643. The molecule has 0 unspecified atom stereocenters. The second kappa shape index (κ2) is 13.2. The molecule has 0 N–H and O–H groups in total. The van der Waals surface area contributed by atoms with Crippen LogP contribution in [-0.4, -0.2) is 0 Å². The van der Waals surface area contributed by atoms with Crippen LogP contribution in [0.3, 0.4) is 0 Å². The minimum absolute atomic E-state index is 0.00448. The van der Waals surface area contributed by atoms with Crippen molar-refractivity contribution in [2.45, 2.75) is 10.8 Å². The lowest BCUT2D eigenvalue weighted by atomic mass is 9.67. The van der Waals surface area contributed by atoms with Crippen LogP contribution in [0.5, 0.6) is 0 Å². The first-order valence-electron chi connectivity index (χ1n) is 21.1. The van der Waals surface area contributed by atoms with E-state index in [4.69, 9.17) is 1.37 Å². The fourth-order valence-corrected chi connectivity index (χ4v) is 9.98. The van der Waals surface area contributed by atoms with Gasteiger partial charge in [-0.25, -0.2) is 0 Å². The summed E-state index contributed by atoms with van der Waals surface area (Å²) in [6.45, 7) is 0. The van der Waals surface area contributed by atoms with Crippen molar-refractivity contribution in [3.63, 3.8) is 0 Å². The summed E-state index contributed by atoms with van der Waals surface area (Å²) in [7, 11) is 0. The third-order valence-corrected chi connectivity index (χ3v) is 12.2. The van der Waals surface area contributed by atoms with E-state index in [0.29, 0.717) is 5.69 Å². The van der Waals surface area contributed by atoms with E-state index in [1.54, 1.807) is 12.1 Å². The highest BCUT2D eigenvalue weighted by molar-refractivity contribution is 5.92. The summed E-state index contributed by atoms with van der Waals surface area (Å²) in [5.74, 6) is 0. The normalized spacial score (nSPS) is 14.6. The van der Waals surface area contributed by atoms with Crippen LogP contribution >= 0.6 is 0 Å². The lowest BCUT2D eigenvalue weighted by Crippen LogP contribution is -2.29. The summed E-state index contributed by atoms with van der Waals surface area (Å²) in [5, 5.41) is 0. The van der Waals surface area contributed by atoms with Crippen molar-refractivity contribution in [1.29, 1.82) is 0 Å². The number of para-hydroxylation sites is 1. The number of fused-ring (bicyclic) bond motifs is 6. The van der Waals surface area contributed by atoms with Crippen LogP contribution in [0.1, 0.15) is 48.6 Å². The number of nitrogens with zero attached hydrogens (tertiary/aromatic N) is 1. The van der Waals surface area contributed by atoms with Crippen molar-refractivity contribution in [3.05, 3.63) is 281 Å². The molecule has 1 nitrogen and oxygen atoms in total. The van der Waals surface area contributed by atoms with E-state index in [2.05, 4.69) is 211 Å². The molecule has 9 aromatic rings. The first kappa shape index (κ1) is 30.1. The molecule has 0 aromatic heterocycles. The molecule has 0 heterocycles. The van der Waals surface area contributed by atoms with Gasteiger partial charge in [-0.05, 0) is 103 Å². The zero-order valence-electron chi connectivity index (χ0n) is 34.2. The van der Waals surface area contributed by atoms with Gasteiger partial charge in [-0.15, -0.1) is 0 Å². The molecule has 0 aliphatic heterocycles. The van der Waals surface area contributed by atoms with Crippen LogP contribution in [0, 0.1) is 0 Å². The van der Waals surface area contributed by atoms with Crippen molar-refractivity contribution >= 4 is 17.1 Å². The van der Waals surface area contributed by atoms with Gasteiger partial charge in [0.05, 0.1) is 14.9 Å². The molecular weight excluding hydrogens is 687 g/mol. The van der Waals surface area contributed by atoms with Gasteiger partial charge in [-0.1, -0.05) is 200 Å². The molecule has 2 aliphatic carbocycles. The van der Waals surface area contributed by atoms with Gasteiger partial charge in [0.1, 0.15) is 0 Å². The van der Waals surface area contributed by atoms with Crippen molar-refractivity contribution in [2.75, 3.05) is 4.90 Å². The van der Waals surface area contributed by atoms with Gasteiger partial charge in [0.25, 0.3) is 0 Å². The molecule has 0 atom stereocenters. The summed E-state index contributed by atoms with van der Waals surface area (Å²) in [5.41, 5.74) is 14.7. The molecule has 0 spiro atoms. The molecule has 0 bridgehead atoms. The van der Waals surface area contributed by atoms with E-state index < -0.39 is 10.8 Å². The Morgan fingerprint density at radius 2 is 0.667 bits per heavy atom. The van der Waals surface area contributed by atoms with Gasteiger partial charge in [0, 0.05) is 17.1 Å². The lowest BCUT2D eigenvalue weighted by Gasteiger charge is -2.36. The van der Waals surface area contributed by atoms with E-state index in [0.717, 1.165) is 55.9 Å². The standard InChI is InChI=1S/C56H39N/c1-6-20-40(21-7-1)55(41-22-8-2-9-23-41)51-32-18-16-30-47(51)49-36-34-45(38-53(49)55)57(44-28-14-5-15-29-44)46-35-37-50-48-31-17-19-33-52(48)56(54(50)39-46,42-24-10-3-11-25-42)43-26-12-4-13-27-43/h1-39H/i14D,28D,29D. The molecule has 0 radical (unpaired) electrons. The van der Waals surface area contributed by atoms with E-state index in [9.17, 15) is 2.74 Å². The topological polar surface area (TPSA) is 3.24 Å². The molecule has 1 heteroatoms. The number of hydrogen-bond acceptors (Lipinski definition) is 1. The van der Waals surface area contributed by atoms with Crippen LogP contribution in [0.25, 0.3) is 22.3 Å². The molecule has 11 rings (SSSR count). The Labute approximate surface area is 339 Å². The largest absolute Gasteiger partial charge is 0.310 e. The molecular formula is C56H39N. The lowest BCUT2D eigenvalue weighted by molar-refractivity contribution is 0.767. The maximum Gasteiger partial charge on any atom is 0.0714 e. The predicted molar refractivity (Wildman–Crippen MR) is 236 cm³/mol. The van der Waals surface area contributed by atoms with Gasteiger partial charge in [-0.3, -0.25) is 0 Å².